The molecule has 2 atom stereocenters. The maximum atomic E-state index is 5.36. The van der Waals surface area contributed by atoms with Crippen molar-refractivity contribution >= 4 is 12.4 Å². The molecule has 3 nitrogen and oxygen atoms in total. The maximum Gasteiger partial charge on any atom is 0.134 e. The lowest BCUT2D eigenvalue weighted by atomic mass is 10.3. The number of morpholine rings is 1. The molecule has 1 N–H and O–H groups in total. The van der Waals surface area contributed by atoms with Crippen LogP contribution >= 0.6 is 12.4 Å². The van der Waals surface area contributed by atoms with Crippen LogP contribution in [0.2, 0.25) is 0 Å². The summed E-state index contributed by atoms with van der Waals surface area (Å²) < 4.78 is 10.7. The molecule has 0 aromatic carbocycles. The minimum atomic E-state index is 0. The number of halogens is 1. The predicted octanol–water partition coefficient (Wildman–Crippen LogP) is 0.779. The van der Waals surface area contributed by atoms with Gasteiger partial charge >= 0.3 is 0 Å². The maximum absolute atomic E-state index is 5.36. The molecule has 0 aromatic rings. The van der Waals surface area contributed by atoms with Gasteiger partial charge < -0.3 is 9.47 Å². The summed E-state index contributed by atoms with van der Waals surface area (Å²) in [6, 6.07) is 0. The zero-order valence-electron chi connectivity index (χ0n) is 7.00. The Labute approximate surface area is 73.9 Å². The van der Waals surface area contributed by atoms with E-state index in [1.54, 1.807) is 0 Å². The Bertz CT molecular complexity index is 100. The fourth-order valence-electron chi connectivity index (χ4n) is 1.07. The first-order valence-corrected chi connectivity index (χ1v) is 3.81. The molecule has 1 fully saturated rings. The van der Waals surface area contributed by atoms with E-state index in [2.05, 4.69) is 5.32 Å². The Balaban J connectivity index is 0.000001000. The highest BCUT2D eigenvalue weighted by molar-refractivity contribution is 5.85. The molecule has 0 radical (unpaired) electrons. The van der Waals surface area contributed by atoms with Crippen LogP contribution in [-0.2, 0) is 9.47 Å². The zero-order valence-corrected chi connectivity index (χ0v) is 7.82. The number of hydrogen-bond donors (Lipinski definition) is 1. The third kappa shape index (κ3) is 3.38. The van der Waals surface area contributed by atoms with Crippen LogP contribution in [0.3, 0.4) is 0 Å². The van der Waals surface area contributed by atoms with E-state index in [1.165, 1.54) is 0 Å². The van der Waals surface area contributed by atoms with Crippen molar-refractivity contribution < 1.29 is 9.47 Å². The second-order valence-corrected chi connectivity index (χ2v) is 2.41. The molecule has 1 saturated heterocycles. The summed E-state index contributed by atoms with van der Waals surface area (Å²) in [6.45, 7) is 6.45. The van der Waals surface area contributed by atoms with Crippen LogP contribution < -0.4 is 5.32 Å². The second kappa shape index (κ2) is 5.77. The normalized spacial score (nSPS) is 31.1. The van der Waals surface area contributed by atoms with Gasteiger partial charge in [-0.05, 0) is 13.8 Å². The van der Waals surface area contributed by atoms with E-state index in [0.717, 1.165) is 19.8 Å². The lowest BCUT2D eigenvalue weighted by molar-refractivity contribution is -0.104. The molecule has 11 heavy (non-hydrogen) atoms. The summed E-state index contributed by atoms with van der Waals surface area (Å²) >= 11 is 0. The fourth-order valence-corrected chi connectivity index (χ4v) is 1.07. The van der Waals surface area contributed by atoms with Crippen molar-refractivity contribution in [3.8, 4) is 0 Å². The summed E-state index contributed by atoms with van der Waals surface area (Å²) in [5, 5.41) is 3.22. The predicted molar refractivity (Wildman–Crippen MR) is 46.1 cm³/mol. The second-order valence-electron chi connectivity index (χ2n) is 2.41. The van der Waals surface area contributed by atoms with E-state index in [4.69, 9.17) is 9.47 Å². The number of nitrogens with one attached hydrogen (secondary N) is 1. The van der Waals surface area contributed by atoms with Crippen molar-refractivity contribution in [3.05, 3.63) is 0 Å². The Morgan fingerprint density at radius 3 is 2.91 bits per heavy atom. The molecule has 4 heteroatoms. The van der Waals surface area contributed by atoms with Gasteiger partial charge in [0.15, 0.2) is 0 Å². The quantitative estimate of drug-likeness (QED) is 0.683. The molecule has 1 unspecified atom stereocenters. The van der Waals surface area contributed by atoms with E-state index < -0.39 is 0 Å². The van der Waals surface area contributed by atoms with Crippen molar-refractivity contribution in [3.63, 3.8) is 0 Å². The molecule has 1 aliphatic rings. The molecule has 1 heterocycles. The molecule has 0 aromatic heterocycles. The standard InChI is InChI=1S/C7H15NO2.ClH/c1-3-9-7-6(2)10-5-4-8-7;/h6-8H,3-5H2,1-2H3;1H/t6?,7-;/m0./s1. The minimum absolute atomic E-state index is 0. The van der Waals surface area contributed by atoms with Crippen LogP contribution in [0.4, 0.5) is 0 Å². The van der Waals surface area contributed by atoms with E-state index in [-0.39, 0.29) is 24.7 Å². The zero-order chi connectivity index (χ0) is 7.40. The van der Waals surface area contributed by atoms with E-state index in [9.17, 15) is 0 Å². The van der Waals surface area contributed by atoms with E-state index in [1.807, 2.05) is 13.8 Å². The molecular weight excluding hydrogens is 166 g/mol. The van der Waals surface area contributed by atoms with Crippen LogP contribution in [-0.4, -0.2) is 32.1 Å². The summed E-state index contributed by atoms with van der Waals surface area (Å²) in [6.07, 6.45) is 0.285. The third-order valence-corrected chi connectivity index (χ3v) is 1.60. The Morgan fingerprint density at radius 2 is 2.36 bits per heavy atom. The first kappa shape index (κ1) is 11.2. The van der Waals surface area contributed by atoms with Crippen LogP contribution in [0.15, 0.2) is 0 Å². The Morgan fingerprint density at radius 1 is 1.64 bits per heavy atom. The van der Waals surface area contributed by atoms with Gasteiger partial charge in [-0.3, -0.25) is 5.32 Å². The lowest BCUT2D eigenvalue weighted by Gasteiger charge is -2.29. The number of hydrogen-bond acceptors (Lipinski definition) is 3. The van der Waals surface area contributed by atoms with Gasteiger partial charge in [-0.1, -0.05) is 0 Å². The highest BCUT2D eigenvalue weighted by atomic mass is 35.5. The van der Waals surface area contributed by atoms with E-state index >= 15 is 0 Å². The van der Waals surface area contributed by atoms with Gasteiger partial charge in [0, 0.05) is 13.2 Å². The molecule has 0 spiro atoms. The number of ether oxygens (including phenoxy) is 2. The van der Waals surface area contributed by atoms with Crippen LogP contribution in [0.25, 0.3) is 0 Å². The number of rotatable bonds is 2. The van der Waals surface area contributed by atoms with Gasteiger partial charge in [0.25, 0.3) is 0 Å². The summed E-state index contributed by atoms with van der Waals surface area (Å²) in [7, 11) is 0. The molecule has 0 aliphatic carbocycles. The molecule has 1 aliphatic heterocycles. The van der Waals surface area contributed by atoms with Crippen molar-refractivity contribution in [1.82, 2.24) is 5.32 Å². The average Bonchev–Trinajstić information content (AvgIpc) is 1.94. The largest absolute Gasteiger partial charge is 0.373 e. The highest BCUT2D eigenvalue weighted by Crippen LogP contribution is 2.04. The molecular formula is C7H16ClNO2. The van der Waals surface area contributed by atoms with E-state index in [0.29, 0.717) is 0 Å². The van der Waals surface area contributed by atoms with Crippen LogP contribution in [0.1, 0.15) is 13.8 Å². The molecule has 68 valence electrons. The first-order valence-electron chi connectivity index (χ1n) is 3.81. The van der Waals surface area contributed by atoms with Crippen LogP contribution in [0.5, 0.6) is 0 Å². The lowest BCUT2D eigenvalue weighted by Crippen LogP contribution is -2.48. The van der Waals surface area contributed by atoms with Gasteiger partial charge in [-0.25, -0.2) is 0 Å². The molecule has 0 amide bonds. The Kier molecular flexibility index (Phi) is 5.86. The van der Waals surface area contributed by atoms with Crippen LogP contribution in [0, 0.1) is 0 Å². The van der Waals surface area contributed by atoms with Crippen molar-refractivity contribution in [2.24, 2.45) is 0 Å². The average molecular weight is 182 g/mol. The topological polar surface area (TPSA) is 30.5 Å². The van der Waals surface area contributed by atoms with Gasteiger partial charge in [-0.15, -0.1) is 12.4 Å². The summed E-state index contributed by atoms with van der Waals surface area (Å²) in [5.74, 6) is 0. The third-order valence-electron chi connectivity index (χ3n) is 1.60. The fraction of sp³-hybridized carbons (Fsp3) is 1.00. The van der Waals surface area contributed by atoms with Crippen molar-refractivity contribution in [2.45, 2.75) is 26.2 Å². The van der Waals surface area contributed by atoms with Gasteiger partial charge in [0.05, 0.1) is 12.7 Å². The smallest absolute Gasteiger partial charge is 0.134 e. The SMILES string of the molecule is CCO[C@@H]1NCCOC1C.Cl. The monoisotopic (exact) mass is 181 g/mol. The summed E-state index contributed by atoms with van der Waals surface area (Å²) in [4.78, 5) is 0. The highest BCUT2D eigenvalue weighted by Gasteiger charge is 2.20. The first-order chi connectivity index (χ1) is 4.84. The van der Waals surface area contributed by atoms with Crippen molar-refractivity contribution in [1.29, 1.82) is 0 Å². The van der Waals surface area contributed by atoms with Gasteiger partial charge in [-0.2, -0.15) is 0 Å². The Hall–Kier alpha value is 0.170. The molecule has 0 bridgehead atoms. The molecule has 1 rings (SSSR count). The van der Waals surface area contributed by atoms with Crippen molar-refractivity contribution in [2.75, 3.05) is 19.8 Å². The minimum Gasteiger partial charge on any atom is -0.373 e. The summed E-state index contributed by atoms with van der Waals surface area (Å²) in [5.41, 5.74) is 0. The van der Waals surface area contributed by atoms with Gasteiger partial charge in [0.1, 0.15) is 6.23 Å². The van der Waals surface area contributed by atoms with Gasteiger partial charge in [0.2, 0.25) is 0 Å². The molecule has 0 saturated carbocycles.